The van der Waals surface area contributed by atoms with Crippen molar-refractivity contribution >= 4 is 16.9 Å². The Morgan fingerprint density at radius 1 is 1.25 bits per heavy atom. The fourth-order valence-electron chi connectivity index (χ4n) is 4.38. The summed E-state index contributed by atoms with van der Waals surface area (Å²) >= 11 is 0. The number of hydrogen-bond donors (Lipinski definition) is 1. The lowest BCUT2D eigenvalue weighted by molar-refractivity contribution is -0.144. The first-order valence-electron chi connectivity index (χ1n) is 8.21. The number of anilines is 1. The topological polar surface area (TPSA) is 48.1 Å². The highest BCUT2D eigenvalue weighted by atomic mass is 19.4. The van der Waals surface area contributed by atoms with E-state index >= 15 is 0 Å². The van der Waals surface area contributed by atoms with Gasteiger partial charge in [-0.15, -0.1) is 0 Å². The molecule has 0 amide bonds. The van der Waals surface area contributed by atoms with Crippen molar-refractivity contribution in [2.75, 3.05) is 31.6 Å². The van der Waals surface area contributed by atoms with Gasteiger partial charge in [-0.2, -0.15) is 13.2 Å². The summed E-state index contributed by atoms with van der Waals surface area (Å²) < 4.78 is 37.7. The number of halogens is 3. The third kappa shape index (κ3) is 2.83. The first-order chi connectivity index (χ1) is 11.4. The minimum atomic E-state index is -4.10. The Morgan fingerprint density at radius 2 is 1.96 bits per heavy atom. The number of nitrogens with one attached hydrogen (secondary N) is 1. The van der Waals surface area contributed by atoms with Gasteiger partial charge in [0.1, 0.15) is 17.8 Å². The molecule has 130 valence electrons. The highest BCUT2D eigenvalue weighted by molar-refractivity contribution is 5.87. The van der Waals surface area contributed by atoms with Crippen LogP contribution in [0, 0.1) is 11.8 Å². The van der Waals surface area contributed by atoms with E-state index < -0.39 is 12.7 Å². The first-order valence-corrected chi connectivity index (χ1v) is 8.21. The van der Waals surface area contributed by atoms with Crippen molar-refractivity contribution in [3.63, 3.8) is 0 Å². The van der Waals surface area contributed by atoms with Crippen LogP contribution in [0.5, 0.6) is 0 Å². The molecule has 24 heavy (non-hydrogen) atoms. The van der Waals surface area contributed by atoms with Crippen LogP contribution in [0.25, 0.3) is 11.0 Å². The zero-order valence-corrected chi connectivity index (χ0v) is 13.4. The molecular formula is C16H20F3N5. The third-order valence-electron chi connectivity index (χ3n) is 5.42. The zero-order chi connectivity index (χ0) is 16.9. The summed E-state index contributed by atoms with van der Waals surface area (Å²) in [5.41, 5.74) is 0.807. The van der Waals surface area contributed by atoms with E-state index in [4.69, 9.17) is 0 Å². The minimum Gasteiger partial charge on any atom is -0.356 e. The molecule has 1 unspecified atom stereocenters. The number of likely N-dealkylation sites (tertiary alicyclic amines) is 1. The summed E-state index contributed by atoms with van der Waals surface area (Å²) in [6, 6.07) is 2.28. The van der Waals surface area contributed by atoms with Crippen LogP contribution in [0.2, 0.25) is 0 Å². The van der Waals surface area contributed by atoms with Gasteiger partial charge >= 0.3 is 6.18 Å². The maximum absolute atomic E-state index is 12.6. The molecule has 1 saturated heterocycles. The Labute approximate surface area is 137 Å². The van der Waals surface area contributed by atoms with Gasteiger partial charge in [-0.1, -0.05) is 0 Å². The van der Waals surface area contributed by atoms with Crippen molar-refractivity contribution in [2.45, 2.75) is 25.1 Å². The Hall–Kier alpha value is -1.83. The van der Waals surface area contributed by atoms with Gasteiger partial charge in [0.15, 0.2) is 0 Å². The molecule has 3 heterocycles. The molecule has 1 saturated carbocycles. The number of hydrogen-bond acceptors (Lipinski definition) is 4. The number of aromatic amines is 1. The molecule has 4 rings (SSSR count). The number of rotatable bonds is 3. The molecule has 8 heteroatoms. The number of nitrogens with zero attached hydrogens (tertiary/aromatic N) is 4. The van der Waals surface area contributed by atoms with Gasteiger partial charge in [-0.25, -0.2) is 9.97 Å². The second kappa shape index (κ2) is 5.61. The van der Waals surface area contributed by atoms with Crippen LogP contribution in [-0.4, -0.2) is 58.8 Å². The fourth-order valence-corrected chi connectivity index (χ4v) is 4.38. The molecule has 1 aliphatic heterocycles. The van der Waals surface area contributed by atoms with E-state index in [-0.39, 0.29) is 0 Å². The minimum absolute atomic E-state index is 0.320. The SMILES string of the molecule is CN(c1ncnc2[nH]ccc12)[C@@H]1CC2CN(CC(F)(F)F)C[C@H]2C1. The van der Waals surface area contributed by atoms with Crippen molar-refractivity contribution in [3.8, 4) is 0 Å². The Kier molecular flexibility index (Phi) is 3.67. The van der Waals surface area contributed by atoms with Gasteiger partial charge < -0.3 is 9.88 Å². The number of alkyl halides is 3. The van der Waals surface area contributed by atoms with E-state index in [0.717, 1.165) is 29.7 Å². The van der Waals surface area contributed by atoms with Crippen molar-refractivity contribution in [3.05, 3.63) is 18.6 Å². The van der Waals surface area contributed by atoms with Crippen LogP contribution in [0.1, 0.15) is 12.8 Å². The van der Waals surface area contributed by atoms with E-state index in [1.165, 1.54) is 0 Å². The third-order valence-corrected chi connectivity index (χ3v) is 5.42. The van der Waals surface area contributed by atoms with Gasteiger partial charge in [0.2, 0.25) is 0 Å². The summed E-state index contributed by atoms with van der Waals surface area (Å²) in [6.07, 6.45) is 1.13. The summed E-state index contributed by atoms with van der Waals surface area (Å²) in [7, 11) is 2.02. The highest BCUT2D eigenvalue weighted by Crippen LogP contribution is 2.42. The van der Waals surface area contributed by atoms with Crippen LogP contribution >= 0.6 is 0 Å². The highest BCUT2D eigenvalue weighted by Gasteiger charge is 2.45. The summed E-state index contributed by atoms with van der Waals surface area (Å²) in [5.74, 6) is 1.59. The smallest absolute Gasteiger partial charge is 0.356 e. The van der Waals surface area contributed by atoms with Crippen molar-refractivity contribution < 1.29 is 13.2 Å². The van der Waals surface area contributed by atoms with Crippen molar-refractivity contribution in [1.82, 2.24) is 19.9 Å². The molecule has 5 nitrogen and oxygen atoms in total. The molecule has 0 spiro atoms. The second-order valence-electron chi connectivity index (χ2n) is 7.00. The summed E-state index contributed by atoms with van der Waals surface area (Å²) in [5, 5.41) is 0.982. The van der Waals surface area contributed by atoms with Gasteiger partial charge in [-0.05, 0) is 30.7 Å². The van der Waals surface area contributed by atoms with Gasteiger partial charge in [0.25, 0.3) is 0 Å². The van der Waals surface area contributed by atoms with Crippen LogP contribution < -0.4 is 4.90 Å². The van der Waals surface area contributed by atoms with E-state index in [1.807, 2.05) is 19.3 Å². The predicted molar refractivity (Wildman–Crippen MR) is 84.8 cm³/mol. The summed E-state index contributed by atoms with van der Waals surface area (Å²) in [4.78, 5) is 15.4. The molecule has 2 aromatic rings. The molecule has 0 bridgehead atoms. The van der Waals surface area contributed by atoms with E-state index in [0.29, 0.717) is 31.0 Å². The normalized spacial score (nSPS) is 27.8. The number of fused-ring (bicyclic) bond motifs is 2. The molecule has 2 fully saturated rings. The van der Waals surface area contributed by atoms with Crippen LogP contribution in [0.15, 0.2) is 18.6 Å². The Balaban J connectivity index is 1.44. The van der Waals surface area contributed by atoms with E-state index in [1.54, 1.807) is 11.2 Å². The number of H-pyrrole nitrogens is 1. The van der Waals surface area contributed by atoms with Gasteiger partial charge in [-0.3, -0.25) is 4.90 Å². The predicted octanol–water partition coefficient (Wildman–Crippen LogP) is 2.67. The molecule has 0 aromatic carbocycles. The lowest BCUT2D eigenvalue weighted by Gasteiger charge is -2.28. The number of aromatic nitrogens is 3. The van der Waals surface area contributed by atoms with Crippen LogP contribution in [0.4, 0.5) is 19.0 Å². The van der Waals surface area contributed by atoms with Crippen molar-refractivity contribution in [2.24, 2.45) is 11.8 Å². The zero-order valence-electron chi connectivity index (χ0n) is 13.4. The van der Waals surface area contributed by atoms with Crippen LogP contribution in [-0.2, 0) is 0 Å². The molecule has 1 N–H and O–H groups in total. The molecule has 0 radical (unpaired) electrons. The van der Waals surface area contributed by atoms with Gasteiger partial charge in [0, 0.05) is 32.4 Å². The van der Waals surface area contributed by atoms with E-state index in [9.17, 15) is 13.2 Å². The lowest BCUT2D eigenvalue weighted by Crippen LogP contribution is -2.36. The van der Waals surface area contributed by atoms with E-state index in [2.05, 4.69) is 19.9 Å². The average Bonchev–Trinajstić information content (AvgIpc) is 3.17. The van der Waals surface area contributed by atoms with Crippen molar-refractivity contribution in [1.29, 1.82) is 0 Å². The Bertz CT molecular complexity index is 714. The Morgan fingerprint density at radius 3 is 2.62 bits per heavy atom. The van der Waals surface area contributed by atoms with Crippen LogP contribution in [0.3, 0.4) is 0 Å². The molecule has 2 aliphatic rings. The fraction of sp³-hybridized carbons (Fsp3) is 0.625. The van der Waals surface area contributed by atoms with Gasteiger partial charge in [0.05, 0.1) is 11.9 Å². The monoisotopic (exact) mass is 339 g/mol. The summed E-state index contributed by atoms with van der Waals surface area (Å²) in [6.45, 7) is 0.325. The molecule has 2 aromatic heterocycles. The maximum Gasteiger partial charge on any atom is 0.401 e. The average molecular weight is 339 g/mol. The molecule has 1 aliphatic carbocycles. The lowest BCUT2D eigenvalue weighted by atomic mass is 10.0. The first kappa shape index (κ1) is 15.7. The molecular weight excluding hydrogens is 319 g/mol. The standard InChI is InChI=1S/C16H20F3N5/c1-23(15-13-2-3-20-14(13)21-9-22-15)12-4-10-6-24(7-11(10)5-12)8-16(17,18)19/h2-3,9-12H,4-8H2,1H3,(H,20,21,22)/t10-,11?,12+/m1/s1. The largest absolute Gasteiger partial charge is 0.401 e. The second-order valence-corrected chi connectivity index (χ2v) is 7.00. The quantitative estimate of drug-likeness (QED) is 0.934. The molecule has 3 atom stereocenters. The maximum atomic E-state index is 12.6.